The van der Waals surface area contributed by atoms with Gasteiger partial charge in [0.2, 0.25) is 0 Å². The van der Waals surface area contributed by atoms with E-state index in [1.807, 2.05) is 42.5 Å². The highest BCUT2D eigenvalue weighted by molar-refractivity contribution is 6.18. The number of fused-ring (bicyclic) bond motifs is 5. The van der Waals surface area contributed by atoms with Crippen LogP contribution in [0.25, 0.3) is 38.1 Å². The van der Waals surface area contributed by atoms with E-state index in [1.165, 1.54) is 7.11 Å². The summed E-state index contributed by atoms with van der Waals surface area (Å²) in [5, 5.41) is 3.25. The van der Waals surface area contributed by atoms with Crippen molar-refractivity contribution >= 4 is 44.1 Å². The van der Waals surface area contributed by atoms with E-state index >= 15 is 0 Å². The van der Waals surface area contributed by atoms with Gasteiger partial charge in [-0.3, -0.25) is 14.2 Å². The molecule has 0 amide bonds. The summed E-state index contributed by atoms with van der Waals surface area (Å²) in [4.78, 5) is 29.4. The van der Waals surface area contributed by atoms with Crippen molar-refractivity contribution in [3.63, 3.8) is 0 Å². The van der Waals surface area contributed by atoms with Crippen LogP contribution >= 0.6 is 0 Å². The minimum atomic E-state index is -0.727. The van der Waals surface area contributed by atoms with Crippen molar-refractivity contribution in [2.24, 2.45) is 0 Å². The Kier molecular flexibility index (Phi) is 3.49. The van der Waals surface area contributed by atoms with Gasteiger partial charge in [0.05, 0.1) is 23.7 Å². The van der Waals surface area contributed by atoms with Crippen LogP contribution in [-0.2, 0) is 9.53 Å². The highest BCUT2D eigenvalue weighted by atomic mass is 16.6. The second kappa shape index (κ2) is 5.92. The van der Waals surface area contributed by atoms with Crippen LogP contribution in [0.4, 0.5) is 0 Å². The summed E-state index contributed by atoms with van der Waals surface area (Å²) in [5.41, 5.74) is 2.28. The standard InChI is InChI=1S/C22H16N2O4/c1-12(22(26)27-2)28-13-7-8-18-17(11-13)15-9-10-23-19-14-5-3-4-6-16(14)21(25)24(18)20(15)19/h3-12H,1-2H3/t12-/m0/s1. The smallest absolute Gasteiger partial charge is 0.346 e. The summed E-state index contributed by atoms with van der Waals surface area (Å²) in [6.45, 7) is 1.63. The molecule has 0 saturated carbocycles. The number of benzene rings is 2. The largest absolute Gasteiger partial charge is 0.479 e. The molecule has 6 heteroatoms. The molecule has 0 unspecified atom stereocenters. The zero-order chi connectivity index (χ0) is 19.4. The normalized spacial score (nSPS) is 12.8. The van der Waals surface area contributed by atoms with Crippen molar-refractivity contribution in [2.75, 3.05) is 7.11 Å². The number of methoxy groups -OCH3 is 1. The van der Waals surface area contributed by atoms with Gasteiger partial charge in [0, 0.05) is 27.7 Å². The lowest BCUT2D eigenvalue weighted by atomic mass is 10.1. The number of nitrogens with zero attached hydrogens (tertiary/aromatic N) is 2. The van der Waals surface area contributed by atoms with Crippen LogP contribution in [0.1, 0.15) is 6.92 Å². The van der Waals surface area contributed by atoms with Crippen molar-refractivity contribution < 1.29 is 14.3 Å². The average Bonchev–Trinajstić information content (AvgIpc) is 3.06. The Bertz CT molecular complexity index is 1440. The summed E-state index contributed by atoms with van der Waals surface area (Å²) >= 11 is 0. The predicted octanol–water partition coefficient (Wildman–Crippen LogP) is 3.53. The van der Waals surface area contributed by atoms with Crippen LogP contribution in [0.15, 0.2) is 59.5 Å². The van der Waals surface area contributed by atoms with Crippen LogP contribution < -0.4 is 10.3 Å². The molecule has 0 spiro atoms. The lowest BCUT2D eigenvalue weighted by Crippen LogP contribution is -2.24. The number of hydrogen-bond donors (Lipinski definition) is 0. The molecular weight excluding hydrogens is 356 g/mol. The molecule has 0 bridgehead atoms. The molecule has 1 atom stereocenters. The summed E-state index contributed by atoms with van der Waals surface area (Å²) in [6, 6.07) is 14.8. The maximum Gasteiger partial charge on any atom is 0.346 e. The Morgan fingerprint density at radius 2 is 1.82 bits per heavy atom. The number of carbonyl (C=O) groups excluding carboxylic acids is 1. The van der Waals surface area contributed by atoms with Gasteiger partial charge < -0.3 is 9.47 Å². The first-order valence-electron chi connectivity index (χ1n) is 8.92. The molecule has 0 fully saturated rings. The molecule has 6 nitrogen and oxygen atoms in total. The van der Waals surface area contributed by atoms with Gasteiger partial charge in [-0.05, 0) is 37.3 Å². The van der Waals surface area contributed by atoms with Crippen LogP contribution in [0.2, 0.25) is 0 Å². The van der Waals surface area contributed by atoms with Gasteiger partial charge in [0.1, 0.15) is 5.75 Å². The fourth-order valence-electron chi connectivity index (χ4n) is 3.84. The third-order valence-electron chi connectivity index (χ3n) is 5.11. The molecule has 3 heterocycles. The van der Waals surface area contributed by atoms with Gasteiger partial charge in [-0.15, -0.1) is 0 Å². The van der Waals surface area contributed by atoms with Crippen LogP contribution in [-0.4, -0.2) is 28.6 Å². The molecule has 2 aromatic carbocycles. The van der Waals surface area contributed by atoms with E-state index in [9.17, 15) is 9.59 Å². The van der Waals surface area contributed by atoms with Gasteiger partial charge in [-0.25, -0.2) is 4.79 Å². The molecule has 0 saturated heterocycles. The quantitative estimate of drug-likeness (QED) is 0.358. The summed E-state index contributed by atoms with van der Waals surface area (Å²) in [5.74, 6) is 0.0876. The molecule has 0 N–H and O–H groups in total. The Balaban J connectivity index is 1.85. The predicted molar refractivity (Wildman–Crippen MR) is 107 cm³/mol. The minimum absolute atomic E-state index is 0.0762. The summed E-state index contributed by atoms with van der Waals surface area (Å²) < 4.78 is 12.1. The number of hydrogen-bond acceptors (Lipinski definition) is 5. The van der Waals surface area contributed by atoms with Gasteiger partial charge in [0.15, 0.2) is 6.10 Å². The molecule has 5 aromatic rings. The molecule has 0 aliphatic heterocycles. The Hall–Kier alpha value is -3.67. The maximum atomic E-state index is 13.2. The number of ether oxygens (including phenoxy) is 2. The second-order valence-electron chi connectivity index (χ2n) is 6.70. The highest BCUT2D eigenvalue weighted by Crippen LogP contribution is 2.34. The number of esters is 1. The van der Waals surface area contributed by atoms with E-state index in [2.05, 4.69) is 4.98 Å². The van der Waals surface area contributed by atoms with E-state index in [0.29, 0.717) is 11.1 Å². The molecule has 0 radical (unpaired) electrons. The van der Waals surface area contributed by atoms with Crippen LogP contribution in [0, 0.1) is 0 Å². The van der Waals surface area contributed by atoms with Crippen LogP contribution in [0.3, 0.4) is 0 Å². The van der Waals surface area contributed by atoms with Crippen molar-refractivity contribution in [2.45, 2.75) is 13.0 Å². The van der Waals surface area contributed by atoms with Gasteiger partial charge in [-0.2, -0.15) is 0 Å². The third kappa shape index (κ3) is 2.18. The first kappa shape index (κ1) is 16.5. The van der Waals surface area contributed by atoms with Gasteiger partial charge in [-0.1, -0.05) is 18.2 Å². The van der Waals surface area contributed by atoms with Crippen LogP contribution in [0.5, 0.6) is 5.75 Å². The van der Waals surface area contributed by atoms with Crippen molar-refractivity contribution in [1.82, 2.24) is 9.38 Å². The fraction of sp³-hybridized carbons (Fsp3) is 0.136. The number of rotatable bonds is 3. The lowest BCUT2D eigenvalue weighted by Gasteiger charge is -2.12. The van der Waals surface area contributed by atoms with E-state index in [1.54, 1.807) is 23.6 Å². The lowest BCUT2D eigenvalue weighted by molar-refractivity contribution is -0.147. The maximum absolute atomic E-state index is 13.2. The van der Waals surface area contributed by atoms with E-state index in [0.717, 1.165) is 32.7 Å². The highest BCUT2D eigenvalue weighted by Gasteiger charge is 2.19. The van der Waals surface area contributed by atoms with Crippen molar-refractivity contribution in [3.8, 4) is 5.75 Å². The molecule has 0 aliphatic rings. The molecule has 5 rings (SSSR count). The average molecular weight is 372 g/mol. The summed E-state index contributed by atoms with van der Waals surface area (Å²) in [7, 11) is 1.33. The molecule has 138 valence electrons. The van der Waals surface area contributed by atoms with Crippen molar-refractivity contribution in [1.29, 1.82) is 0 Å². The third-order valence-corrected chi connectivity index (χ3v) is 5.11. The first-order valence-corrected chi connectivity index (χ1v) is 8.92. The van der Waals surface area contributed by atoms with Gasteiger partial charge in [0.25, 0.3) is 5.56 Å². The van der Waals surface area contributed by atoms with E-state index in [-0.39, 0.29) is 5.56 Å². The SMILES string of the molecule is COC(=O)[C@H](C)Oc1ccc2c(c1)c1ccnc3c4ccccc4c(=O)n2c13. The summed E-state index contributed by atoms with van der Waals surface area (Å²) in [6.07, 6.45) is 1.02. The van der Waals surface area contributed by atoms with Crippen molar-refractivity contribution in [3.05, 3.63) is 65.1 Å². The Morgan fingerprint density at radius 3 is 2.61 bits per heavy atom. The zero-order valence-corrected chi connectivity index (χ0v) is 15.3. The number of pyridine rings is 2. The molecule has 3 aromatic heterocycles. The molecule has 28 heavy (non-hydrogen) atoms. The monoisotopic (exact) mass is 372 g/mol. The van der Waals surface area contributed by atoms with E-state index in [4.69, 9.17) is 9.47 Å². The minimum Gasteiger partial charge on any atom is -0.479 e. The first-order chi connectivity index (χ1) is 13.6. The Labute approximate surface area is 159 Å². The second-order valence-corrected chi connectivity index (χ2v) is 6.70. The molecular formula is C22H16N2O4. The fourth-order valence-corrected chi connectivity index (χ4v) is 3.84. The Morgan fingerprint density at radius 1 is 1.04 bits per heavy atom. The van der Waals surface area contributed by atoms with Gasteiger partial charge >= 0.3 is 5.97 Å². The number of carbonyl (C=O) groups is 1. The number of aromatic nitrogens is 2. The zero-order valence-electron chi connectivity index (χ0n) is 15.3. The topological polar surface area (TPSA) is 69.9 Å². The van der Waals surface area contributed by atoms with E-state index < -0.39 is 12.1 Å². The molecule has 0 aliphatic carbocycles.